The molecule has 0 saturated carbocycles. The zero-order valence-corrected chi connectivity index (χ0v) is 13.6. The molecule has 0 aliphatic carbocycles. The van der Waals surface area contributed by atoms with Crippen molar-refractivity contribution >= 4 is 15.9 Å². The van der Waals surface area contributed by atoms with Crippen LogP contribution in [0.1, 0.15) is 35.3 Å². The summed E-state index contributed by atoms with van der Waals surface area (Å²) in [6, 6.07) is 12.0. The largest absolute Gasteiger partial charge is 0.489 e. The summed E-state index contributed by atoms with van der Waals surface area (Å²) in [7, 11) is 0. The third-order valence-electron chi connectivity index (χ3n) is 3.39. The van der Waals surface area contributed by atoms with Crippen molar-refractivity contribution in [3.05, 3.63) is 63.1 Å². The van der Waals surface area contributed by atoms with Gasteiger partial charge in [-0.25, -0.2) is 0 Å². The first-order valence-electron chi connectivity index (χ1n) is 6.64. The highest BCUT2D eigenvalue weighted by molar-refractivity contribution is 9.10. The number of hydrogen-bond donors (Lipinski definition) is 1. The number of aryl methyl sites for hydroxylation is 2. The van der Waals surface area contributed by atoms with Gasteiger partial charge in [-0.2, -0.15) is 0 Å². The van der Waals surface area contributed by atoms with Gasteiger partial charge in [0, 0.05) is 10.0 Å². The molecule has 0 unspecified atom stereocenters. The van der Waals surface area contributed by atoms with Crippen molar-refractivity contribution < 1.29 is 9.84 Å². The Balaban J connectivity index is 2.16. The van der Waals surface area contributed by atoms with E-state index in [-0.39, 0.29) is 0 Å². The summed E-state index contributed by atoms with van der Waals surface area (Å²) in [6.07, 6.45) is -0.553. The molecule has 0 aliphatic rings. The average molecular weight is 335 g/mol. The van der Waals surface area contributed by atoms with E-state index in [0.29, 0.717) is 6.61 Å². The van der Waals surface area contributed by atoms with Crippen LogP contribution in [0.3, 0.4) is 0 Å². The molecule has 1 N–H and O–H groups in total. The van der Waals surface area contributed by atoms with Crippen molar-refractivity contribution in [2.45, 2.75) is 33.5 Å². The first-order chi connectivity index (χ1) is 9.47. The molecule has 0 bridgehead atoms. The van der Waals surface area contributed by atoms with E-state index in [4.69, 9.17) is 4.74 Å². The molecule has 0 aliphatic heterocycles. The van der Waals surface area contributed by atoms with E-state index in [1.807, 2.05) is 18.2 Å². The lowest BCUT2D eigenvalue weighted by Crippen LogP contribution is -2.01. The Kier molecular flexibility index (Phi) is 4.84. The van der Waals surface area contributed by atoms with Crippen LogP contribution in [0.2, 0.25) is 0 Å². The topological polar surface area (TPSA) is 29.5 Å². The maximum Gasteiger partial charge on any atom is 0.125 e. The molecule has 0 aromatic heterocycles. The molecule has 0 fully saturated rings. The smallest absolute Gasteiger partial charge is 0.125 e. The van der Waals surface area contributed by atoms with E-state index >= 15 is 0 Å². The van der Waals surface area contributed by atoms with Crippen molar-refractivity contribution in [2.24, 2.45) is 0 Å². The second-order valence-electron chi connectivity index (χ2n) is 5.07. The molecule has 2 rings (SSSR count). The maximum atomic E-state index is 9.81. The van der Waals surface area contributed by atoms with Gasteiger partial charge in [0.1, 0.15) is 12.4 Å². The van der Waals surface area contributed by atoms with Crippen LogP contribution in [0.5, 0.6) is 5.75 Å². The quantitative estimate of drug-likeness (QED) is 0.878. The third kappa shape index (κ3) is 3.62. The van der Waals surface area contributed by atoms with Gasteiger partial charge in [0.05, 0.1) is 6.10 Å². The Labute approximate surface area is 128 Å². The fraction of sp³-hybridized carbons (Fsp3) is 0.294. The van der Waals surface area contributed by atoms with Gasteiger partial charge in [-0.3, -0.25) is 0 Å². The molecule has 2 aromatic carbocycles. The van der Waals surface area contributed by atoms with Gasteiger partial charge in [0.25, 0.3) is 0 Å². The molecule has 106 valence electrons. The summed E-state index contributed by atoms with van der Waals surface area (Å²) in [5, 5.41) is 9.81. The Bertz CT molecular complexity index is 606. The van der Waals surface area contributed by atoms with E-state index in [9.17, 15) is 5.11 Å². The molecule has 0 radical (unpaired) electrons. The normalized spacial score (nSPS) is 12.2. The number of aliphatic hydroxyl groups is 1. The fourth-order valence-electron chi connectivity index (χ4n) is 2.03. The zero-order chi connectivity index (χ0) is 14.7. The molecule has 20 heavy (non-hydrogen) atoms. The molecule has 2 aromatic rings. The van der Waals surface area contributed by atoms with Gasteiger partial charge < -0.3 is 9.84 Å². The number of benzene rings is 2. The molecule has 0 heterocycles. The van der Waals surface area contributed by atoms with Gasteiger partial charge in [-0.15, -0.1) is 0 Å². The average Bonchev–Trinajstić information content (AvgIpc) is 2.41. The lowest BCUT2D eigenvalue weighted by Gasteiger charge is -2.14. The predicted octanol–water partition coefficient (Wildman–Crippen LogP) is 4.70. The van der Waals surface area contributed by atoms with Gasteiger partial charge in [-0.1, -0.05) is 34.1 Å². The van der Waals surface area contributed by atoms with E-state index in [0.717, 1.165) is 21.3 Å². The van der Waals surface area contributed by atoms with Crippen molar-refractivity contribution in [3.63, 3.8) is 0 Å². The minimum absolute atomic E-state index is 0.502. The molecule has 0 spiro atoms. The van der Waals surface area contributed by atoms with Gasteiger partial charge in [0.2, 0.25) is 0 Å². The lowest BCUT2D eigenvalue weighted by molar-refractivity contribution is 0.190. The first kappa shape index (κ1) is 15.1. The Morgan fingerprint density at radius 1 is 1.10 bits per heavy atom. The molecule has 0 saturated heterocycles. The lowest BCUT2D eigenvalue weighted by atomic mass is 10.1. The standard InChI is InChI=1S/C17H19BrO2/c1-11-4-5-14(8-12(11)2)10-20-17-7-6-15(18)9-16(17)13(3)19/h4-9,13,19H,10H2,1-3H3/t13-/m1/s1. The second-order valence-corrected chi connectivity index (χ2v) is 5.98. The summed E-state index contributed by atoms with van der Waals surface area (Å²) >= 11 is 3.41. The molecular weight excluding hydrogens is 316 g/mol. The maximum absolute atomic E-state index is 9.81. The second kappa shape index (κ2) is 6.42. The number of hydrogen-bond acceptors (Lipinski definition) is 2. The van der Waals surface area contributed by atoms with E-state index in [1.165, 1.54) is 11.1 Å². The first-order valence-corrected chi connectivity index (χ1v) is 7.43. The van der Waals surface area contributed by atoms with Crippen LogP contribution in [0.15, 0.2) is 40.9 Å². The SMILES string of the molecule is Cc1ccc(COc2ccc(Br)cc2[C@@H](C)O)cc1C. The highest BCUT2D eigenvalue weighted by Gasteiger charge is 2.10. The number of aliphatic hydroxyl groups excluding tert-OH is 1. The monoisotopic (exact) mass is 334 g/mol. The Morgan fingerprint density at radius 3 is 2.50 bits per heavy atom. The highest BCUT2D eigenvalue weighted by Crippen LogP contribution is 2.29. The minimum Gasteiger partial charge on any atom is -0.489 e. The van der Waals surface area contributed by atoms with Crippen LogP contribution in [0, 0.1) is 13.8 Å². The van der Waals surface area contributed by atoms with Gasteiger partial charge >= 0.3 is 0 Å². The summed E-state index contributed by atoms with van der Waals surface area (Å²) < 4.78 is 6.79. The highest BCUT2D eigenvalue weighted by atomic mass is 79.9. The van der Waals surface area contributed by atoms with Crippen molar-refractivity contribution in [3.8, 4) is 5.75 Å². The number of rotatable bonds is 4. The zero-order valence-electron chi connectivity index (χ0n) is 12.0. The molecule has 2 nitrogen and oxygen atoms in total. The summed E-state index contributed by atoms with van der Waals surface area (Å²) in [4.78, 5) is 0. The molecule has 0 amide bonds. The van der Waals surface area contributed by atoms with Crippen molar-refractivity contribution in [1.82, 2.24) is 0 Å². The summed E-state index contributed by atoms with van der Waals surface area (Å²) in [6.45, 7) is 6.44. The third-order valence-corrected chi connectivity index (χ3v) is 3.88. The Hall–Kier alpha value is -1.32. The van der Waals surface area contributed by atoms with E-state index in [1.54, 1.807) is 6.92 Å². The van der Waals surface area contributed by atoms with Crippen LogP contribution in [0.25, 0.3) is 0 Å². The molecule has 1 atom stereocenters. The summed E-state index contributed by atoms with van der Waals surface area (Å²) in [5.74, 6) is 0.724. The Morgan fingerprint density at radius 2 is 1.85 bits per heavy atom. The van der Waals surface area contributed by atoms with Crippen LogP contribution in [-0.4, -0.2) is 5.11 Å². The van der Waals surface area contributed by atoms with Gasteiger partial charge in [-0.05, 0) is 55.7 Å². The van der Waals surface area contributed by atoms with Crippen LogP contribution >= 0.6 is 15.9 Å². The van der Waals surface area contributed by atoms with Gasteiger partial charge in [0.15, 0.2) is 0 Å². The molecular formula is C17H19BrO2. The van der Waals surface area contributed by atoms with Crippen LogP contribution < -0.4 is 4.74 Å². The summed E-state index contributed by atoms with van der Waals surface area (Å²) in [5.41, 5.74) is 4.47. The number of halogens is 1. The van der Waals surface area contributed by atoms with Crippen molar-refractivity contribution in [1.29, 1.82) is 0 Å². The van der Waals surface area contributed by atoms with Crippen molar-refractivity contribution in [2.75, 3.05) is 0 Å². The molecule has 3 heteroatoms. The predicted molar refractivity (Wildman–Crippen MR) is 85.0 cm³/mol. The van der Waals surface area contributed by atoms with Crippen LogP contribution in [-0.2, 0) is 6.61 Å². The van der Waals surface area contributed by atoms with Crippen LogP contribution in [0.4, 0.5) is 0 Å². The van der Waals surface area contributed by atoms with E-state index in [2.05, 4.69) is 48.0 Å². The number of ether oxygens (including phenoxy) is 1. The fourth-order valence-corrected chi connectivity index (χ4v) is 2.41. The minimum atomic E-state index is -0.553. The van der Waals surface area contributed by atoms with E-state index < -0.39 is 6.10 Å².